The largest absolute Gasteiger partial charge is 0.493 e. The number of fused-ring (bicyclic) bond motifs is 1. The normalized spacial score (nSPS) is 25.5. The van der Waals surface area contributed by atoms with E-state index in [1.165, 1.54) is 76.2 Å². The minimum absolute atomic E-state index is 0.159. The van der Waals surface area contributed by atoms with Gasteiger partial charge in [-0.05, 0) is 56.8 Å². The van der Waals surface area contributed by atoms with Crippen LogP contribution in [0, 0.1) is 5.92 Å². The number of ether oxygens (including phenoxy) is 3. The molecule has 0 radical (unpaired) electrons. The van der Waals surface area contributed by atoms with Crippen molar-refractivity contribution in [2.75, 3.05) is 27.8 Å². The molecule has 1 saturated heterocycles. The fourth-order valence-electron chi connectivity index (χ4n) is 7.98. The Labute approximate surface area is 248 Å². The second-order valence-corrected chi connectivity index (χ2v) is 13.0. The number of hydrogen-bond donors (Lipinski definition) is 0. The molecule has 0 unspecified atom stereocenters. The van der Waals surface area contributed by atoms with Gasteiger partial charge < -0.3 is 19.1 Å². The second-order valence-electron chi connectivity index (χ2n) is 13.0. The summed E-state index contributed by atoms with van der Waals surface area (Å²) in [7, 11) is 5.47. The van der Waals surface area contributed by atoms with E-state index in [0.717, 1.165) is 37.8 Å². The maximum atomic E-state index is 13.2. The van der Waals surface area contributed by atoms with Gasteiger partial charge in [-0.3, -0.25) is 9.59 Å². The summed E-state index contributed by atoms with van der Waals surface area (Å²) in [6, 6.07) is 4.40. The van der Waals surface area contributed by atoms with Gasteiger partial charge in [-0.1, -0.05) is 90.0 Å². The molecule has 1 heterocycles. The molecule has 0 amide bonds. The van der Waals surface area contributed by atoms with Gasteiger partial charge in [-0.15, -0.1) is 0 Å². The summed E-state index contributed by atoms with van der Waals surface area (Å²) in [5, 5.41) is 0. The third kappa shape index (κ3) is 7.54. The summed E-state index contributed by atoms with van der Waals surface area (Å²) in [4.78, 5) is 28.8. The number of carbonyl (C=O) groups is 2. The van der Waals surface area contributed by atoms with Crippen LogP contribution >= 0.6 is 0 Å². The van der Waals surface area contributed by atoms with Gasteiger partial charge in [0.2, 0.25) is 0 Å². The van der Waals surface area contributed by atoms with Crippen LogP contribution in [-0.2, 0) is 26.2 Å². The molecule has 1 saturated carbocycles. The maximum absolute atomic E-state index is 13.2. The summed E-state index contributed by atoms with van der Waals surface area (Å²) >= 11 is 0. The molecule has 4 rings (SSSR count). The van der Waals surface area contributed by atoms with E-state index in [4.69, 9.17) is 14.2 Å². The Bertz CT molecular complexity index is 1010. The molecule has 230 valence electrons. The standard InChI is InChI=1S/C35H55NO5/c1-5-6-7-8-9-10-11-12-13-14-15-16-17-18-32(38)41-34-30(39-3)20-19-26-23-28-27-24-31(40-4)29(37)25-35(27,33(26)34)21-22-36(28)2/h19-20,27-28,31H,5-18,21-25H2,1-4H3/t27-,28+,31-,35-/m1/s1. The monoisotopic (exact) mass is 569 g/mol. The summed E-state index contributed by atoms with van der Waals surface area (Å²) in [6.07, 6.45) is 19.6. The zero-order valence-corrected chi connectivity index (χ0v) is 26.3. The van der Waals surface area contributed by atoms with Crippen LogP contribution in [0.2, 0.25) is 0 Å². The molecular weight excluding hydrogens is 514 g/mol. The zero-order valence-electron chi connectivity index (χ0n) is 26.3. The van der Waals surface area contributed by atoms with E-state index in [1.807, 2.05) is 6.07 Å². The molecule has 2 bridgehead atoms. The topological polar surface area (TPSA) is 65.1 Å². The van der Waals surface area contributed by atoms with Gasteiger partial charge in [0.25, 0.3) is 0 Å². The van der Waals surface area contributed by atoms with Crippen LogP contribution in [0.3, 0.4) is 0 Å². The van der Waals surface area contributed by atoms with Crippen molar-refractivity contribution in [1.29, 1.82) is 0 Å². The highest BCUT2D eigenvalue weighted by Gasteiger charge is 2.58. The Balaban J connectivity index is 1.32. The number of piperidine rings is 1. The average Bonchev–Trinajstić information content (AvgIpc) is 2.96. The lowest BCUT2D eigenvalue weighted by Gasteiger charge is -2.58. The highest BCUT2D eigenvalue weighted by atomic mass is 16.6. The fourth-order valence-corrected chi connectivity index (χ4v) is 7.98. The Morgan fingerprint density at radius 3 is 2.20 bits per heavy atom. The van der Waals surface area contributed by atoms with Gasteiger partial charge in [0.15, 0.2) is 17.3 Å². The number of carbonyl (C=O) groups excluding carboxylic acids is 2. The number of unbranched alkanes of at least 4 members (excludes halogenated alkanes) is 12. The molecule has 1 aromatic rings. The van der Waals surface area contributed by atoms with Crippen LogP contribution in [-0.4, -0.2) is 56.6 Å². The molecule has 3 aliphatic rings. The van der Waals surface area contributed by atoms with Crippen molar-refractivity contribution in [2.45, 2.75) is 140 Å². The lowest BCUT2D eigenvalue weighted by molar-refractivity contribution is -0.141. The highest BCUT2D eigenvalue weighted by molar-refractivity contribution is 5.87. The van der Waals surface area contributed by atoms with E-state index in [9.17, 15) is 9.59 Å². The molecular formula is C35H55NO5. The molecule has 0 aromatic heterocycles. The van der Waals surface area contributed by atoms with Gasteiger partial charge >= 0.3 is 5.97 Å². The predicted octanol–water partition coefficient (Wildman–Crippen LogP) is 7.57. The first-order valence-electron chi connectivity index (χ1n) is 16.6. The molecule has 4 atom stereocenters. The predicted molar refractivity (Wildman–Crippen MR) is 164 cm³/mol. The van der Waals surface area contributed by atoms with Gasteiger partial charge in [0, 0.05) is 37.0 Å². The number of esters is 1. The lowest BCUT2D eigenvalue weighted by Crippen LogP contribution is -2.63. The number of nitrogens with zero attached hydrogens (tertiary/aromatic N) is 1. The van der Waals surface area contributed by atoms with Crippen LogP contribution < -0.4 is 9.47 Å². The quantitative estimate of drug-likeness (QED) is 0.109. The van der Waals surface area contributed by atoms with Crippen LogP contribution in [0.15, 0.2) is 12.1 Å². The van der Waals surface area contributed by atoms with E-state index in [1.54, 1.807) is 14.2 Å². The van der Waals surface area contributed by atoms with E-state index < -0.39 is 0 Å². The minimum Gasteiger partial charge on any atom is -0.493 e. The van der Waals surface area contributed by atoms with Crippen molar-refractivity contribution in [2.24, 2.45) is 5.92 Å². The van der Waals surface area contributed by atoms with Gasteiger partial charge in [0.05, 0.1) is 7.11 Å². The Hall–Kier alpha value is -1.92. The SMILES string of the molecule is CCCCCCCCCCCCCCCC(=O)Oc1c(OC)ccc2c1[C@@]13CCN(C)[C@@H](C2)[C@H]1C[C@@H](OC)C(=O)C3. The number of ketones is 1. The molecule has 41 heavy (non-hydrogen) atoms. The molecule has 0 spiro atoms. The third-order valence-corrected chi connectivity index (χ3v) is 10.3. The second kappa shape index (κ2) is 15.5. The van der Waals surface area contributed by atoms with Crippen molar-refractivity contribution in [3.8, 4) is 11.5 Å². The Morgan fingerprint density at radius 2 is 1.59 bits per heavy atom. The van der Waals surface area contributed by atoms with Crippen LogP contribution in [0.4, 0.5) is 0 Å². The summed E-state index contributed by atoms with van der Waals surface area (Å²) in [6.45, 7) is 3.19. The summed E-state index contributed by atoms with van der Waals surface area (Å²) in [5.74, 6) is 1.39. The van der Waals surface area contributed by atoms with Crippen LogP contribution in [0.5, 0.6) is 11.5 Å². The third-order valence-electron chi connectivity index (χ3n) is 10.3. The van der Waals surface area contributed by atoms with Crippen molar-refractivity contribution in [1.82, 2.24) is 4.90 Å². The Morgan fingerprint density at radius 1 is 0.951 bits per heavy atom. The molecule has 6 heteroatoms. The van der Waals surface area contributed by atoms with Crippen molar-refractivity contribution >= 4 is 11.8 Å². The van der Waals surface area contributed by atoms with Crippen molar-refractivity contribution in [3.05, 3.63) is 23.3 Å². The summed E-state index contributed by atoms with van der Waals surface area (Å²) < 4.78 is 17.5. The first-order chi connectivity index (χ1) is 19.9. The Kier molecular flexibility index (Phi) is 12.1. The van der Waals surface area contributed by atoms with Gasteiger partial charge in [-0.25, -0.2) is 0 Å². The molecule has 2 aliphatic carbocycles. The maximum Gasteiger partial charge on any atom is 0.311 e. The van der Waals surface area contributed by atoms with E-state index >= 15 is 0 Å². The average molecular weight is 570 g/mol. The number of likely N-dealkylation sites (N-methyl/N-ethyl adjacent to an activating group) is 1. The number of Topliss-reactive ketones (excluding diaryl/α,β-unsaturated/α-hetero) is 1. The molecule has 1 aromatic carbocycles. The van der Waals surface area contributed by atoms with E-state index in [2.05, 4.69) is 24.9 Å². The fraction of sp³-hybridized carbons (Fsp3) is 0.771. The van der Waals surface area contributed by atoms with Gasteiger partial charge in [0.1, 0.15) is 6.10 Å². The first kappa shape index (κ1) is 32.0. The van der Waals surface area contributed by atoms with E-state index in [-0.39, 0.29) is 29.2 Å². The summed E-state index contributed by atoms with van der Waals surface area (Å²) in [5.41, 5.74) is 1.90. The van der Waals surface area contributed by atoms with Crippen LogP contribution in [0.1, 0.15) is 127 Å². The van der Waals surface area contributed by atoms with Gasteiger partial charge in [-0.2, -0.15) is 0 Å². The van der Waals surface area contributed by atoms with Crippen molar-refractivity contribution in [3.63, 3.8) is 0 Å². The first-order valence-corrected chi connectivity index (χ1v) is 16.6. The molecule has 1 aliphatic heterocycles. The lowest BCUT2D eigenvalue weighted by atomic mass is 9.51. The number of rotatable bonds is 17. The number of likely N-dealkylation sites (tertiary alicyclic amines) is 1. The molecule has 2 fully saturated rings. The zero-order chi connectivity index (χ0) is 29.2. The molecule has 0 N–H and O–H groups in total. The number of methoxy groups -OCH3 is 2. The highest BCUT2D eigenvalue weighted by Crippen LogP contribution is 2.58. The molecule has 6 nitrogen and oxygen atoms in total. The van der Waals surface area contributed by atoms with Crippen molar-refractivity contribution < 1.29 is 23.8 Å². The smallest absolute Gasteiger partial charge is 0.311 e. The number of hydrogen-bond acceptors (Lipinski definition) is 6. The number of benzene rings is 1. The minimum atomic E-state index is -0.351. The van der Waals surface area contributed by atoms with Crippen LogP contribution in [0.25, 0.3) is 0 Å². The van der Waals surface area contributed by atoms with E-state index in [0.29, 0.717) is 36.8 Å².